The van der Waals surface area contributed by atoms with Gasteiger partial charge >= 0.3 is 0 Å². The van der Waals surface area contributed by atoms with Gasteiger partial charge in [-0.25, -0.2) is 0 Å². The lowest BCUT2D eigenvalue weighted by Gasteiger charge is -2.10. The van der Waals surface area contributed by atoms with E-state index < -0.39 is 0 Å². The van der Waals surface area contributed by atoms with Crippen molar-refractivity contribution in [2.24, 2.45) is 0 Å². The van der Waals surface area contributed by atoms with E-state index in [0.717, 1.165) is 16.1 Å². The highest BCUT2D eigenvalue weighted by atomic mass is 32.1. The molecule has 1 amide bonds. The van der Waals surface area contributed by atoms with Crippen molar-refractivity contribution in [1.29, 1.82) is 0 Å². The molecule has 0 saturated heterocycles. The molecule has 3 rings (SSSR count). The molecule has 4 N–H and O–H groups in total. The van der Waals surface area contributed by atoms with Crippen LogP contribution < -0.4 is 16.2 Å². The average Bonchev–Trinajstić information content (AvgIpc) is 3.09. The van der Waals surface area contributed by atoms with E-state index in [9.17, 15) is 9.90 Å². The number of benzene rings is 2. The number of anilines is 1. The summed E-state index contributed by atoms with van der Waals surface area (Å²) in [5, 5.41) is 14.5. The summed E-state index contributed by atoms with van der Waals surface area (Å²) in [6.07, 6.45) is 0. The fourth-order valence-electron chi connectivity index (χ4n) is 2.23. The number of aromatic hydroxyl groups is 1. The minimum Gasteiger partial charge on any atom is -0.508 e. The lowest BCUT2D eigenvalue weighted by molar-refractivity contribution is 0.0944. The highest BCUT2D eigenvalue weighted by Crippen LogP contribution is 2.29. The Balaban J connectivity index is 1.54. The number of amides is 1. The molecule has 0 unspecified atom stereocenters. The molecule has 132 valence electrons. The fourth-order valence-corrected chi connectivity index (χ4v) is 3.25. The minimum atomic E-state index is -0.347. The first kappa shape index (κ1) is 17.9. The molecule has 0 saturated carbocycles. The number of aryl methyl sites for hydroxylation is 1. The van der Waals surface area contributed by atoms with Gasteiger partial charge in [-0.1, -0.05) is 29.8 Å². The first-order valence-electron chi connectivity index (χ1n) is 7.83. The second-order valence-corrected chi connectivity index (χ2v) is 6.97. The standard InChI is InChI=1S/C19H17N3O2S2/c1-12-2-4-13(5-3-12)17-10-15(11-26-17)20-19(25)22-21-18(24)14-6-8-16(23)9-7-14/h2-11,23H,1H3,(H,21,24)(H2,20,22,25). The van der Waals surface area contributed by atoms with Crippen molar-refractivity contribution in [3.05, 3.63) is 71.1 Å². The van der Waals surface area contributed by atoms with Crippen LogP contribution in [0.15, 0.2) is 60.0 Å². The highest BCUT2D eigenvalue weighted by molar-refractivity contribution is 7.80. The zero-order chi connectivity index (χ0) is 18.5. The zero-order valence-electron chi connectivity index (χ0n) is 13.9. The molecular formula is C19H17N3O2S2. The van der Waals surface area contributed by atoms with E-state index in [0.29, 0.717) is 5.56 Å². The Kier molecular flexibility index (Phi) is 5.50. The number of thiocarbonyl (C=S) groups is 1. The summed E-state index contributed by atoms with van der Waals surface area (Å²) in [6.45, 7) is 2.06. The molecule has 7 heteroatoms. The van der Waals surface area contributed by atoms with E-state index in [2.05, 4.69) is 47.4 Å². The summed E-state index contributed by atoms with van der Waals surface area (Å²) in [5.74, 6) is -0.242. The molecule has 3 aromatic rings. The van der Waals surface area contributed by atoms with Crippen molar-refractivity contribution >= 4 is 40.3 Å². The van der Waals surface area contributed by atoms with Gasteiger partial charge in [-0.2, -0.15) is 0 Å². The van der Waals surface area contributed by atoms with Gasteiger partial charge in [0.2, 0.25) is 0 Å². The molecular weight excluding hydrogens is 366 g/mol. The van der Waals surface area contributed by atoms with Gasteiger partial charge in [0.1, 0.15) is 5.75 Å². The monoisotopic (exact) mass is 383 g/mol. The van der Waals surface area contributed by atoms with E-state index in [1.54, 1.807) is 11.3 Å². The van der Waals surface area contributed by atoms with Crippen molar-refractivity contribution in [2.75, 3.05) is 5.32 Å². The van der Waals surface area contributed by atoms with Gasteiger partial charge in [0.15, 0.2) is 5.11 Å². The predicted octanol–water partition coefficient (Wildman–Crippen LogP) is 4.06. The van der Waals surface area contributed by atoms with Gasteiger partial charge in [-0.3, -0.25) is 15.6 Å². The number of hydrazine groups is 1. The quantitative estimate of drug-likeness (QED) is 0.405. The zero-order valence-corrected chi connectivity index (χ0v) is 15.6. The molecule has 1 heterocycles. The second-order valence-electron chi connectivity index (χ2n) is 5.65. The molecule has 0 fully saturated rings. The van der Waals surface area contributed by atoms with Crippen LogP contribution in [0.3, 0.4) is 0 Å². The number of hydrogen-bond donors (Lipinski definition) is 4. The van der Waals surface area contributed by atoms with Crippen molar-refractivity contribution in [2.45, 2.75) is 6.92 Å². The van der Waals surface area contributed by atoms with Crippen LogP contribution in [0.2, 0.25) is 0 Å². The molecule has 0 spiro atoms. The minimum absolute atomic E-state index is 0.105. The van der Waals surface area contributed by atoms with Gasteiger partial charge in [0.05, 0.1) is 5.69 Å². The largest absolute Gasteiger partial charge is 0.508 e. The summed E-state index contributed by atoms with van der Waals surface area (Å²) in [4.78, 5) is 13.1. The van der Waals surface area contributed by atoms with Crippen LogP contribution in [0.25, 0.3) is 10.4 Å². The topological polar surface area (TPSA) is 73.4 Å². The maximum absolute atomic E-state index is 12.0. The van der Waals surface area contributed by atoms with E-state index in [4.69, 9.17) is 12.2 Å². The third kappa shape index (κ3) is 4.59. The van der Waals surface area contributed by atoms with Crippen molar-refractivity contribution in [3.63, 3.8) is 0 Å². The molecule has 0 aliphatic rings. The van der Waals surface area contributed by atoms with Gasteiger partial charge in [-0.05, 0) is 55.0 Å². The van der Waals surface area contributed by atoms with E-state index in [1.165, 1.54) is 29.8 Å². The number of thiophene rings is 1. The van der Waals surface area contributed by atoms with Gasteiger partial charge < -0.3 is 10.4 Å². The first-order chi connectivity index (χ1) is 12.5. The molecule has 0 aliphatic heterocycles. The van der Waals surface area contributed by atoms with Crippen LogP contribution in [0, 0.1) is 6.92 Å². The number of nitrogens with one attached hydrogen (secondary N) is 3. The van der Waals surface area contributed by atoms with Crippen LogP contribution in [0.4, 0.5) is 5.69 Å². The third-order valence-electron chi connectivity index (χ3n) is 3.61. The van der Waals surface area contributed by atoms with Crippen LogP contribution in [-0.2, 0) is 0 Å². The lowest BCUT2D eigenvalue weighted by atomic mass is 10.1. The molecule has 2 aromatic carbocycles. The summed E-state index contributed by atoms with van der Waals surface area (Å²) >= 11 is 6.81. The number of carbonyl (C=O) groups excluding carboxylic acids is 1. The van der Waals surface area contributed by atoms with Gasteiger partial charge in [0.25, 0.3) is 5.91 Å². The van der Waals surface area contributed by atoms with Gasteiger partial charge in [0, 0.05) is 15.8 Å². The second kappa shape index (κ2) is 7.99. The molecule has 0 aliphatic carbocycles. The maximum Gasteiger partial charge on any atom is 0.269 e. The normalized spacial score (nSPS) is 10.2. The Labute approximate surface area is 160 Å². The molecule has 5 nitrogen and oxygen atoms in total. The van der Waals surface area contributed by atoms with Crippen molar-refractivity contribution < 1.29 is 9.90 Å². The fraction of sp³-hybridized carbons (Fsp3) is 0.0526. The molecule has 0 radical (unpaired) electrons. The van der Waals surface area contributed by atoms with Crippen LogP contribution in [-0.4, -0.2) is 16.1 Å². The smallest absolute Gasteiger partial charge is 0.269 e. The van der Waals surface area contributed by atoms with Crippen LogP contribution >= 0.6 is 23.6 Å². The summed E-state index contributed by atoms with van der Waals surface area (Å²) < 4.78 is 0. The van der Waals surface area contributed by atoms with E-state index in [-0.39, 0.29) is 16.8 Å². The first-order valence-corrected chi connectivity index (χ1v) is 9.12. The van der Waals surface area contributed by atoms with E-state index in [1.807, 2.05) is 11.4 Å². The third-order valence-corrected chi connectivity index (χ3v) is 4.80. The van der Waals surface area contributed by atoms with Crippen molar-refractivity contribution in [1.82, 2.24) is 10.9 Å². The number of rotatable bonds is 3. The summed E-state index contributed by atoms with van der Waals surface area (Å²) in [6, 6.07) is 16.3. The number of phenols is 1. The number of phenolic OH excluding ortho intramolecular Hbond substituents is 1. The molecule has 0 bridgehead atoms. The SMILES string of the molecule is Cc1ccc(-c2cc(NC(=S)NNC(=O)c3ccc(O)cc3)cs2)cc1. The number of carbonyl (C=O) groups is 1. The molecule has 26 heavy (non-hydrogen) atoms. The lowest BCUT2D eigenvalue weighted by Crippen LogP contribution is -2.43. The van der Waals surface area contributed by atoms with Gasteiger partial charge in [-0.15, -0.1) is 11.3 Å². The average molecular weight is 383 g/mol. The Morgan fingerprint density at radius 1 is 1.04 bits per heavy atom. The highest BCUT2D eigenvalue weighted by Gasteiger charge is 2.07. The predicted molar refractivity (Wildman–Crippen MR) is 109 cm³/mol. The Morgan fingerprint density at radius 2 is 1.73 bits per heavy atom. The summed E-state index contributed by atoms with van der Waals surface area (Å²) in [5.41, 5.74) is 8.80. The van der Waals surface area contributed by atoms with Crippen LogP contribution in [0.5, 0.6) is 5.75 Å². The Hall–Kier alpha value is -2.90. The Bertz CT molecular complexity index is 919. The number of hydrogen-bond acceptors (Lipinski definition) is 4. The maximum atomic E-state index is 12.0. The molecule has 0 atom stereocenters. The summed E-state index contributed by atoms with van der Waals surface area (Å²) in [7, 11) is 0. The Morgan fingerprint density at radius 3 is 2.42 bits per heavy atom. The van der Waals surface area contributed by atoms with E-state index >= 15 is 0 Å². The van der Waals surface area contributed by atoms with Crippen molar-refractivity contribution in [3.8, 4) is 16.2 Å². The molecule has 1 aromatic heterocycles. The van der Waals surface area contributed by atoms with Crippen LogP contribution in [0.1, 0.15) is 15.9 Å².